The molecule has 36 heavy (non-hydrogen) atoms. The Morgan fingerprint density at radius 2 is 2.06 bits per heavy atom. The summed E-state index contributed by atoms with van der Waals surface area (Å²) in [5.74, 6) is 1.41. The molecule has 0 bridgehead atoms. The smallest absolute Gasteiger partial charge is 0.152 e. The van der Waals surface area contributed by atoms with Crippen molar-refractivity contribution in [3.05, 3.63) is 35.5 Å². The molecule has 3 heterocycles. The van der Waals surface area contributed by atoms with Crippen LogP contribution in [0.1, 0.15) is 45.4 Å². The van der Waals surface area contributed by atoms with Gasteiger partial charge in [0, 0.05) is 61.8 Å². The third-order valence-corrected chi connectivity index (χ3v) is 7.47. The van der Waals surface area contributed by atoms with Gasteiger partial charge in [-0.2, -0.15) is 0 Å². The highest BCUT2D eigenvalue weighted by atomic mass is 35.5. The molecule has 3 N–H and O–H groups in total. The van der Waals surface area contributed by atoms with Crippen molar-refractivity contribution in [3.63, 3.8) is 0 Å². The van der Waals surface area contributed by atoms with E-state index in [0.29, 0.717) is 42.7 Å². The Balaban J connectivity index is 1.42. The maximum Gasteiger partial charge on any atom is 0.152 e. The van der Waals surface area contributed by atoms with Gasteiger partial charge in [-0.15, -0.1) is 0 Å². The van der Waals surface area contributed by atoms with Crippen LogP contribution >= 0.6 is 11.6 Å². The number of nitrogens with zero attached hydrogens (tertiary/aromatic N) is 3. The van der Waals surface area contributed by atoms with Crippen LogP contribution in [0.5, 0.6) is 0 Å². The van der Waals surface area contributed by atoms with Crippen LogP contribution in [0.2, 0.25) is 5.02 Å². The normalized spacial score (nSPS) is 20.7. The van der Waals surface area contributed by atoms with Crippen molar-refractivity contribution >= 4 is 28.9 Å². The van der Waals surface area contributed by atoms with Gasteiger partial charge in [-0.25, -0.2) is 15.0 Å². The van der Waals surface area contributed by atoms with E-state index < -0.39 is 0 Å². The second-order valence-electron chi connectivity index (χ2n) is 10.0. The Bertz CT molecular complexity index is 1020. The maximum atomic E-state index is 9.97. The molecule has 1 saturated carbocycles. The van der Waals surface area contributed by atoms with E-state index in [1.165, 1.54) is 5.71 Å². The Labute approximate surface area is 218 Å². The molecule has 0 spiro atoms. The first-order valence-electron chi connectivity index (χ1n) is 12.9. The van der Waals surface area contributed by atoms with Crippen molar-refractivity contribution < 1.29 is 14.6 Å². The standard InChI is InChI=1S/C27H38ClN5O3/c1-19(16-35-2)31-20-6-8-21(9-7-20)32-26-14-22(23(28)15-29-26)24-4-3-5-25(33-24)30-17-27(18-34)10-12-36-13-11-27/h3-5,14-15,19-20,31,34H,6-13,16-18H2,1-2H3,(H,30,33)/t19-,20?/m1/s1. The average molecular weight is 516 g/mol. The summed E-state index contributed by atoms with van der Waals surface area (Å²) in [6.07, 6.45) is 7.34. The fourth-order valence-electron chi connectivity index (χ4n) is 4.93. The monoisotopic (exact) mass is 515 g/mol. The van der Waals surface area contributed by atoms with Crippen LogP contribution in [0.25, 0.3) is 11.3 Å². The number of aliphatic hydroxyl groups excluding tert-OH is 1. The molecule has 0 unspecified atom stereocenters. The van der Waals surface area contributed by atoms with Gasteiger partial charge in [-0.3, -0.25) is 0 Å². The van der Waals surface area contributed by atoms with Crippen LogP contribution in [-0.4, -0.2) is 73.0 Å². The van der Waals surface area contributed by atoms with Crippen LogP contribution in [0.15, 0.2) is 35.5 Å². The van der Waals surface area contributed by atoms with Gasteiger partial charge in [-0.1, -0.05) is 17.7 Å². The predicted octanol–water partition coefficient (Wildman–Crippen LogP) is 4.64. The number of hydrogen-bond donors (Lipinski definition) is 3. The summed E-state index contributed by atoms with van der Waals surface area (Å²) in [5.41, 5.74) is 2.56. The number of methoxy groups -OCH3 is 1. The molecule has 196 valence electrons. The number of aliphatic hydroxyl groups is 1. The highest BCUT2D eigenvalue weighted by molar-refractivity contribution is 6.33. The maximum absolute atomic E-state index is 9.97. The fourth-order valence-corrected chi connectivity index (χ4v) is 5.13. The summed E-state index contributed by atoms with van der Waals surface area (Å²) in [4.78, 5) is 14.1. The van der Waals surface area contributed by atoms with E-state index in [1.54, 1.807) is 13.3 Å². The summed E-state index contributed by atoms with van der Waals surface area (Å²) in [6, 6.07) is 8.60. The summed E-state index contributed by atoms with van der Waals surface area (Å²) >= 11 is 6.53. The zero-order valence-corrected chi connectivity index (χ0v) is 22.1. The molecule has 0 amide bonds. The molecule has 0 aromatic carbocycles. The van der Waals surface area contributed by atoms with Crippen LogP contribution in [-0.2, 0) is 9.47 Å². The minimum Gasteiger partial charge on any atom is -0.396 e. The minimum atomic E-state index is -0.177. The molecule has 1 aliphatic heterocycles. The van der Waals surface area contributed by atoms with E-state index in [4.69, 9.17) is 31.1 Å². The topological polar surface area (TPSA) is 101 Å². The molecular weight excluding hydrogens is 478 g/mol. The zero-order chi connectivity index (χ0) is 25.4. The third kappa shape index (κ3) is 7.23. The van der Waals surface area contributed by atoms with Gasteiger partial charge in [-0.05, 0) is 63.6 Å². The zero-order valence-electron chi connectivity index (χ0n) is 21.3. The number of hydrogen-bond acceptors (Lipinski definition) is 8. The lowest BCUT2D eigenvalue weighted by Crippen LogP contribution is -2.41. The van der Waals surface area contributed by atoms with Crippen molar-refractivity contribution in [1.82, 2.24) is 15.3 Å². The Morgan fingerprint density at radius 3 is 2.78 bits per heavy atom. The van der Waals surface area contributed by atoms with E-state index >= 15 is 0 Å². The summed E-state index contributed by atoms with van der Waals surface area (Å²) < 4.78 is 10.7. The highest BCUT2D eigenvalue weighted by Gasteiger charge is 2.32. The lowest BCUT2D eigenvalue weighted by molar-refractivity contribution is -0.00861. The number of ether oxygens (including phenoxy) is 2. The lowest BCUT2D eigenvalue weighted by atomic mass is 9.81. The van der Waals surface area contributed by atoms with Gasteiger partial charge in [0.05, 0.1) is 23.9 Å². The summed E-state index contributed by atoms with van der Waals surface area (Å²) in [7, 11) is 1.74. The number of pyridine rings is 2. The molecule has 0 radical (unpaired) electrons. The molecule has 8 nitrogen and oxygen atoms in total. The van der Waals surface area contributed by atoms with Crippen molar-refractivity contribution in [2.45, 2.75) is 57.5 Å². The second kappa shape index (κ2) is 12.9. The SMILES string of the molecule is COC[C@@H](C)NC1CCC(=Nc2cc(-c3cccc(NCC4(CO)CCOCC4)n3)c(Cl)cn2)CC1. The average Bonchev–Trinajstić information content (AvgIpc) is 2.90. The Hall–Kier alpha value is -2.10. The molecule has 1 atom stereocenters. The predicted molar refractivity (Wildman–Crippen MR) is 144 cm³/mol. The van der Waals surface area contributed by atoms with Crippen molar-refractivity contribution in [2.24, 2.45) is 10.4 Å². The Morgan fingerprint density at radius 1 is 1.28 bits per heavy atom. The second-order valence-corrected chi connectivity index (χ2v) is 10.4. The minimum absolute atomic E-state index is 0.131. The van der Waals surface area contributed by atoms with Gasteiger partial charge < -0.3 is 25.2 Å². The van der Waals surface area contributed by atoms with E-state index in [2.05, 4.69) is 22.5 Å². The summed E-state index contributed by atoms with van der Waals surface area (Å²) in [5, 5.41) is 17.6. The fraction of sp³-hybridized carbons (Fsp3) is 0.593. The third-order valence-electron chi connectivity index (χ3n) is 7.17. The highest BCUT2D eigenvalue weighted by Crippen LogP contribution is 2.32. The molecule has 9 heteroatoms. The lowest BCUT2D eigenvalue weighted by Gasteiger charge is -2.35. The summed E-state index contributed by atoms with van der Waals surface area (Å²) in [6.45, 7) is 5.01. The number of halogens is 1. The van der Waals surface area contributed by atoms with E-state index in [9.17, 15) is 5.11 Å². The molecule has 2 fully saturated rings. The molecule has 2 aliphatic rings. The number of rotatable bonds is 10. The van der Waals surface area contributed by atoms with E-state index in [-0.39, 0.29) is 12.0 Å². The van der Waals surface area contributed by atoms with E-state index in [1.807, 2.05) is 24.3 Å². The van der Waals surface area contributed by atoms with Crippen LogP contribution in [0, 0.1) is 5.41 Å². The number of aromatic nitrogens is 2. The van der Waals surface area contributed by atoms with Gasteiger partial charge >= 0.3 is 0 Å². The molecule has 1 saturated heterocycles. The number of anilines is 1. The molecule has 2 aromatic rings. The Kier molecular flexibility index (Phi) is 9.67. The molecule has 4 rings (SSSR count). The molecular formula is C27H38ClN5O3. The largest absolute Gasteiger partial charge is 0.396 e. The number of aliphatic imine (C=N–C) groups is 1. The van der Waals surface area contributed by atoms with Gasteiger partial charge in [0.1, 0.15) is 5.82 Å². The van der Waals surface area contributed by atoms with Crippen LogP contribution in [0.3, 0.4) is 0 Å². The van der Waals surface area contributed by atoms with Crippen molar-refractivity contribution in [3.8, 4) is 11.3 Å². The first kappa shape index (κ1) is 26.9. The quantitative estimate of drug-likeness (QED) is 0.424. The van der Waals surface area contributed by atoms with Gasteiger partial charge in [0.15, 0.2) is 5.82 Å². The first-order chi connectivity index (χ1) is 17.5. The van der Waals surface area contributed by atoms with Crippen LogP contribution < -0.4 is 10.6 Å². The van der Waals surface area contributed by atoms with Gasteiger partial charge in [0.25, 0.3) is 0 Å². The van der Waals surface area contributed by atoms with Crippen LogP contribution in [0.4, 0.5) is 11.6 Å². The molecule has 1 aliphatic carbocycles. The van der Waals surface area contributed by atoms with Crippen molar-refractivity contribution in [2.75, 3.05) is 45.4 Å². The van der Waals surface area contributed by atoms with Crippen molar-refractivity contribution in [1.29, 1.82) is 0 Å². The molecule has 2 aromatic heterocycles. The van der Waals surface area contributed by atoms with Gasteiger partial charge in [0.2, 0.25) is 0 Å². The number of nitrogens with one attached hydrogen (secondary N) is 2. The van der Waals surface area contributed by atoms with E-state index in [0.717, 1.165) is 62.2 Å². The first-order valence-corrected chi connectivity index (χ1v) is 13.2.